The van der Waals surface area contributed by atoms with Crippen LogP contribution >= 0.6 is 0 Å². The van der Waals surface area contributed by atoms with Crippen LogP contribution in [0.1, 0.15) is 52.8 Å². The number of amides is 1. The molecule has 1 aromatic heterocycles. The topological polar surface area (TPSA) is 76.1 Å². The van der Waals surface area contributed by atoms with E-state index in [2.05, 4.69) is 20.6 Å². The van der Waals surface area contributed by atoms with Gasteiger partial charge in [-0.1, -0.05) is 6.92 Å². The normalized spacial score (nSPS) is 14.3. The molecule has 0 aromatic carbocycles. The van der Waals surface area contributed by atoms with Gasteiger partial charge in [0.25, 0.3) is 0 Å². The van der Waals surface area contributed by atoms with E-state index in [4.69, 9.17) is 4.74 Å². The predicted molar refractivity (Wildman–Crippen MR) is 81.9 cm³/mol. The Kier molecular flexibility index (Phi) is 6.55. The summed E-state index contributed by atoms with van der Waals surface area (Å²) >= 11 is 0. The Morgan fingerprint density at radius 2 is 2.10 bits per heavy atom. The molecular weight excluding hydrogens is 268 g/mol. The summed E-state index contributed by atoms with van der Waals surface area (Å²) in [5.74, 6) is 0. The fourth-order valence-electron chi connectivity index (χ4n) is 1.73. The number of rotatable bonds is 6. The molecule has 0 aliphatic rings. The van der Waals surface area contributed by atoms with E-state index in [0.717, 1.165) is 12.1 Å². The second-order valence-corrected chi connectivity index (χ2v) is 6.01. The van der Waals surface area contributed by atoms with Gasteiger partial charge in [-0.05, 0) is 34.1 Å². The quantitative estimate of drug-likeness (QED) is 0.842. The Labute approximate surface area is 126 Å². The van der Waals surface area contributed by atoms with E-state index in [1.165, 1.54) is 0 Å². The average molecular weight is 294 g/mol. The number of ether oxygens (including phenoxy) is 1. The first kappa shape index (κ1) is 17.4. The second kappa shape index (κ2) is 7.93. The van der Waals surface area contributed by atoms with E-state index in [-0.39, 0.29) is 18.2 Å². The van der Waals surface area contributed by atoms with Crippen molar-refractivity contribution in [1.82, 2.24) is 20.6 Å². The summed E-state index contributed by atoms with van der Waals surface area (Å²) in [6.45, 7) is 10.2. The lowest BCUT2D eigenvalue weighted by molar-refractivity contribution is 0.0502. The van der Waals surface area contributed by atoms with Gasteiger partial charge in [0, 0.05) is 37.2 Å². The highest BCUT2D eigenvalue weighted by Gasteiger charge is 2.19. The number of nitrogens with one attached hydrogen (secondary N) is 2. The zero-order chi connectivity index (χ0) is 15.9. The van der Waals surface area contributed by atoms with Crippen molar-refractivity contribution >= 4 is 6.09 Å². The summed E-state index contributed by atoms with van der Waals surface area (Å²) in [4.78, 5) is 20.1. The monoisotopic (exact) mass is 294 g/mol. The van der Waals surface area contributed by atoms with Gasteiger partial charge in [-0.15, -0.1) is 0 Å². The standard InChI is InChI=1S/C15H26N4O2/c1-6-12(19-14(20)21-15(3,4)5)9-18-11(2)13-10-16-7-8-17-13/h7-8,10-12,18H,6,9H2,1-5H3,(H,19,20). The van der Waals surface area contributed by atoms with Crippen LogP contribution in [0.5, 0.6) is 0 Å². The molecular formula is C15H26N4O2. The molecule has 6 heteroatoms. The van der Waals surface area contributed by atoms with Crippen LogP contribution in [0.25, 0.3) is 0 Å². The predicted octanol–water partition coefficient (Wildman–Crippen LogP) is 2.43. The van der Waals surface area contributed by atoms with Gasteiger partial charge in [0.1, 0.15) is 5.60 Å². The highest BCUT2D eigenvalue weighted by molar-refractivity contribution is 5.68. The first-order chi connectivity index (χ1) is 9.81. The van der Waals surface area contributed by atoms with Gasteiger partial charge in [-0.25, -0.2) is 4.79 Å². The lowest BCUT2D eigenvalue weighted by Gasteiger charge is -2.24. The van der Waals surface area contributed by atoms with Gasteiger partial charge in [0.2, 0.25) is 0 Å². The van der Waals surface area contributed by atoms with Crippen LogP contribution in [0.3, 0.4) is 0 Å². The molecule has 118 valence electrons. The molecule has 0 aliphatic heterocycles. The van der Waals surface area contributed by atoms with Crippen molar-refractivity contribution in [2.45, 2.75) is 58.7 Å². The lowest BCUT2D eigenvalue weighted by Crippen LogP contribution is -2.44. The molecule has 6 nitrogen and oxygen atoms in total. The van der Waals surface area contributed by atoms with Gasteiger partial charge in [0.15, 0.2) is 0 Å². The number of hydrogen-bond acceptors (Lipinski definition) is 5. The minimum atomic E-state index is -0.483. The summed E-state index contributed by atoms with van der Waals surface area (Å²) in [6, 6.07) is 0.0900. The van der Waals surface area contributed by atoms with E-state index >= 15 is 0 Å². The SMILES string of the molecule is CCC(CNC(C)c1cnccn1)NC(=O)OC(C)(C)C. The minimum absolute atomic E-state index is 0.0129. The zero-order valence-electron chi connectivity index (χ0n) is 13.5. The molecule has 0 radical (unpaired) electrons. The van der Waals surface area contributed by atoms with Crippen molar-refractivity contribution in [1.29, 1.82) is 0 Å². The molecule has 0 spiro atoms. The number of alkyl carbamates (subject to hydrolysis) is 1. The van der Waals surface area contributed by atoms with Crippen LogP contribution in [0, 0.1) is 0 Å². The molecule has 0 saturated heterocycles. The number of hydrogen-bond donors (Lipinski definition) is 2. The molecule has 0 fully saturated rings. The number of carbonyl (C=O) groups is 1. The minimum Gasteiger partial charge on any atom is -0.444 e. The van der Waals surface area contributed by atoms with Gasteiger partial charge in [-0.2, -0.15) is 0 Å². The summed E-state index contributed by atoms with van der Waals surface area (Å²) < 4.78 is 5.26. The molecule has 1 amide bonds. The number of carbonyl (C=O) groups excluding carboxylic acids is 1. The van der Waals surface area contributed by atoms with E-state index in [1.54, 1.807) is 18.6 Å². The smallest absolute Gasteiger partial charge is 0.407 e. The summed E-state index contributed by atoms with van der Waals surface area (Å²) in [6.07, 6.45) is 5.49. The van der Waals surface area contributed by atoms with E-state index < -0.39 is 5.60 Å². The van der Waals surface area contributed by atoms with Crippen molar-refractivity contribution in [3.63, 3.8) is 0 Å². The maximum Gasteiger partial charge on any atom is 0.407 e. The van der Waals surface area contributed by atoms with Crippen LogP contribution in [0.15, 0.2) is 18.6 Å². The van der Waals surface area contributed by atoms with Crippen molar-refractivity contribution < 1.29 is 9.53 Å². The highest BCUT2D eigenvalue weighted by Crippen LogP contribution is 2.08. The molecule has 1 heterocycles. The van der Waals surface area contributed by atoms with Gasteiger partial charge in [-0.3, -0.25) is 9.97 Å². The molecule has 1 rings (SSSR count). The van der Waals surface area contributed by atoms with Crippen LogP contribution in [-0.2, 0) is 4.74 Å². The Bertz CT molecular complexity index is 431. The van der Waals surface area contributed by atoms with Crippen LogP contribution < -0.4 is 10.6 Å². The van der Waals surface area contributed by atoms with E-state index in [1.807, 2.05) is 34.6 Å². The molecule has 0 bridgehead atoms. The van der Waals surface area contributed by atoms with Crippen LogP contribution in [-0.4, -0.2) is 34.2 Å². The Hall–Kier alpha value is -1.69. The van der Waals surface area contributed by atoms with Crippen LogP contribution in [0.4, 0.5) is 4.79 Å². The fraction of sp³-hybridized carbons (Fsp3) is 0.667. The molecule has 2 N–H and O–H groups in total. The number of aromatic nitrogens is 2. The maximum absolute atomic E-state index is 11.8. The number of nitrogens with zero attached hydrogens (tertiary/aromatic N) is 2. The maximum atomic E-state index is 11.8. The third-order valence-corrected chi connectivity index (χ3v) is 2.91. The fourth-order valence-corrected chi connectivity index (χ4v) is 1.73. The highest BCUT2D eigenvalue weighted by atomic mass is 16.6. The Morgan fingerprint density at radius 3 is 2.62 bits per heavy atom. The molecule has 0 saturated carbocycles. The van der Waals surface area contributed by atoms with E-state index in [9.17, 15) is 4.79 Å². The molecule has 0 aliphatic carbocycles. The van der Waals surface area contributed by atoms with E-state index in [0.29, 0.717) is 6.54 Å². The van der Waals surface area contributed by atoms with Crippen molar-refractivity contribution in [3.05, 3.63) is 24.3 Å². The molecule has 2 atom stereocenters. The second-order valence-electron chi connectivity index (χ2n) is 6.01. The summed E-state index contributed by atoms with van der Waals surface area (Å²) in [5, 5.41) is 6.22. The largest absolute Gasteiger partial charge is 0.444 e. The van der Waals surface area contributed by atoms with Gasteiger partial charge < -0.3 is 15.4 Å². The van der Waals surface area contributed by atoms with Gasteiger partial charge in [0.05, 0.1) is 5.69 Å². The third-order valence-electron chi connectivity index (χ3n) is 2.91. The Morgan fingerprint density at radius 1 is 1.38 bits per heavy atom. The zero-order valence-corrected chi connectivity index (χ0v) is 13.5. The van der Waals surface area contributed by atoms with Crippen molar-refractivity contribution in [2.75, 3.05) is 6.54 Å². The van der Waals surface area contributed by atoms with Crippen molar-refractivity contribution in [2.24, 2.45) is 0 Å². The first-order valence-corrected chi connectivity index (χ1v) is 7.30. The molecule has 2 unspecified atom stereocenters. The lowest BCUT2D eigenvalue weighted by atomic mass is 10.2. The molecule has 21 heavy (non-hydrogen) atoms. The third kappa shape index (κ3) is 7.04. The summed E-state index contributed by atoms with van der Waals surface area (Å²) in [5.41, 5.74) is 0.396. The summed E-state index contributed by atoms with van der Waals surface area (Å²) in [7, 11) is 0. The Balaban J connectivity index is 2.42. The van der Waals surface area contributed by atoms with Crippen LogP contribution in [0.2, 0.25) is 0 Å². The molecule has 1 aromatic rings. The average Bonchev–Trinajstić information content (AvgIpc) is 2.42. The van der Waals surface area contributed by atoms with Gasteiger partial charge >= 0.3 is 6.09 Å². The van der Waals surface area contributed by atoms with Crippen molar-refractivity contribution in [3.8, 4) is 0 Å². The first-order valence-electron chi connectivity index (χ1n) is 7.30.